The number of benzene rings is 1. The summed E-state index contributed by atoms with van der Waals surface area (Å²) in [7, 11) is 1.37. The summed E-state index contributed by atoms with van der Waals surface area (Å²) in [6.45, 7) is 0. The highest BCUT2D eigenvalue weighted by Gasteiger charge is 2.11. The molecule has 2 nitrogen and oxygen atoms in total. The first-order valence-electron chi connectivity index (χ1n) is 3.75. The predicted molar refractivity (Wildman–Crippen MR) is 67.6 cm³/mol. The van der Waals surface area contributed by atoms with Crippen molar-refractivity contribution < 1.29 is 9.53 Å². The van der Waals surface area contributed by atoms with Crippen LogP contribution in [0.25, 0.3) is 0 Å². The van der Waals surface area contributed by atoms with Gasteiger partial charge in [-0.3, -0.25) is 4.79 Å². The lowest BCUT2D eigenvalue weighted by Crippen LogP contribution is -2.05. The normalized spacial score (nSPS) is 10.0. The van der Waals surface area contributed by atoms with Crippen molar-refractivity contribution in [2.24, 2.45) is 0 Å². The fourth-order valence-electron chi connectivity index (χ4n) is 0.930. The van der Waals surface area contributed by atoms with E-state index in [1.165, 1.54) is 7.11 Å². The van der Waals surface area contributed by atoms with Gasteiger partial charge in [0.25, 0.3) is 0 Å². The van der Waals surface area contributed by atoms with Gasteiger partial charge in [0.15, 0.2) is 0 Å². The second-order valence-electron chi connectivity index (χ2n) is 2.59. The SMILES string of the molecule is COC(=O)Cc1ccc(I)c(Cl)c1Br. The maximum atomic E-state index is 11.0. The molecule has 1 aromatic rings. The van der Waals surface area contributed by atoms with Crippen LogP contribution in [0.2, 0.25) is 5.02 Å². The number of methoxy groups -OCH3 is 1. The fraction of sp³-hybridized carbons (Fsp3) is 0.222. The standard InChI is InChI=1S/C9H7BrClIO2/c1-14-7(13)4-5-2-3-6(12)9(11)8(5)10/h2-3H,4H2,1H3. The van der Waals surface area contributed by atoms with Gasteiger partial charge in [-0.25, -0.2) is 0 Å². The van der Waals surface area contributed by atoms with Gasteiger partial charge < -0.3 is 4.74 Å². The third kappa shape index (κ3) is 2.84. The molecular weight excluding hydrogens is 382 g/mol. The first-order valence-corrected chi connectivity index (χ1v) is 6.00. The van der Waals surface area contributed by atoms with Crippen molar-refractivity contribution in [2.45, 2.75) is 6.42 Å². The zero-order chi connectivity index (χ0) is 10.7. The molecule has 0 aliphatic heterocycles. The van der Waals surface area contributed by atoms with Gasteiger partial charge in [0.05, 0.1) is 18.6 Å². The Labute approximate surface area is 109 Å². The monoisotopic (exact) mass is 388 g/mol. The quantitative estimate of drug-likeness (QED) is 0.440. The van der Waals surface area contributed by atoms with Crippen molar-refractivity contribution in [3.63, 3.8) is 0 Å². The number of rotatable bonds is 2. The Kier molecular flexibility index (Phi) is 4.66. The molecular formula is C9H7BrClIO2. The number of carbonyl (C=O) groups excluding carboxylic acids is 1. The van der Waals surface area contributed by atoms with Gasteiger partial charge >= 0.3 is 5.97 Å². The van der Waals surface area contributed by atoms with E-state index in [1.54, 1.807) is 0 Å². The summed E-state index contributed by atoms with van der Waals surface area (Å²) in [6, 6.07) is 3.72. The Hall–Kier alpha value is 0.190. The highest BCUT2D eigenvalue weighted by atomic mass is 127. The van der Waals surface area contributed by atoms with Crippen molar-refractivity contribution in [3.8, 4) is 0 Å². The molecule has 0 unspecified atom stereocenters. The van der Waals surface area contributed by atoms with Gasteiger partial charge in [-0.2, -0.15) is 0 Å². The first-order chi connectivity index (χ1) is 6.56. The van der Waals surface area contributed by atoms with Crippen LogP contribution in [-0.4, -0.2) is 13.1 Å². The summed E-state index contributed by atoms with van der Waals surface area (Å²) in [5.41, 5.74) is 0.835. The van der Waals surface area contributed by atoms with Crippen LogP contribution in [-0.2, 0) is 16.0 Å². The predicted octanol–water partition coefficient (Wildman–Crippen LogP) is 3.42. The Bertz CT molecular complexity index is 368. The molecule has 76 valence electrons. The Balaban J connectivity index is 3.00. The molecule has 0 bridgehead atoms. The van der Waals surface area contributed by atoms with E-state index < -0.39 is 0 Å². The molecule has 0 spiro atoms. The maximum Gasteiger partial charge on any atom is 0.310 e. The van der Waals surface area contributed by atoms with Crippen molar-refractivity contribution in [2.75, 3.05) is 7.11 Å². The van der Waals surface area contributed by atoms with Crippen LogP contribution in [0.3, 0.4) is 0 Å². The third-order valence-corrected chi connectivity index (χ3v) is 4.42. The van der Waals surface area contributed by atoms with E-state index in [0.29, 0.717) is 5.02 Å². The molecule has 0 amide bonds. The van der Waals surface area contributed by atoms with Gasteiger partial charge in [-0.1, -0.05) is 17.7 Å². The average molecular weight is 389 g/mol. The molecule has 0 aliphatic rings. The second-order valence-corrected chi connectivity index (χ2v) is 4.92. The minimum Gasteiger partial charge on any atom is -0.469 e. The van der Waals surface area contributed by atoms with Crippen LogP contribution in [0.15, 0.2) is 16.6 Å². The van der Waals surface area contributed by atoms with Crippen LogP contribution < -0.4 is 0 Å². The van der Waals surface area contributed by atoms with Gasteiger partial charge in [0, 0.05) is 8.04 Å². The molecule has 0 fully saturated rings. The molecule has 0 heterocycles. The Morgan fingerprint density at radius 1 is 1.64 bits per heavy atom. The van der Waals surface area contributed by atoms with E-state index in [2.05, 4.69) is 43.3 Å². The first kappa shape index (κ1) is 12.3. The molecule has 0 aliphatic carbocycles. The Morgan fingerprint density at radius 3 is 2.86 bits per heavy atom. The van der Waals surface area contributed by atoms with E-state index in [0.717, 1.165) is 13.6 Å². The van der Waals surface area contributed by atoms with E-state index >= 15 is 0 Å². The molecule has 0 radical (unpaired) electrons. The number of hydrogen-bond acceptors (Lipinski definition) is 2. The van der Waals surface area contributed by atoms with Crippen molar-refractivity contribution in [3.05, 3.63) is 30.8 Å². The number of esters is 1. The van der Waals surface area contributed by atoms with Gasteiger partial charge in [-0.05, 0) is 50.2 Å². The summed E-state index contributed by atoms with van der Waals surface area (Å²) in [5.74, 6) is -0.275. The van der Waals surface area contributed by atoms with Gasteiger partial charge in [0.1, 0.15) is 0 Å². The third-order valence-electron chi connectivity index (χ3n) is 1.68. The summed E-state index contributed by atoms with van der Waals surface area (Å²) >= 11 is 11.5. The van der Waals surface area contributed by atoms with Crippen LogP contribution in [0.5, 0.6) is 0 Å². The molecule has 5 heteroatoms. The molecule has 0 saturated carbocycles. The Morgan fingerprint density at radius 2 is 2.29 bits per heavy atom. The molecule has 0 atom stereocenters. The summed E-state index contributed by atoms with van der Waals surface area (Å²) in [4.78, 5) is 11.0. The molecule has 0 N–H and O–H groups in total. The number of hydrogen-bond donors (Lipinski definition) is 0. The van der Waals surface area contributed by atoms with Gasteiger partial charge in [0.2, 0.25) is 0 Å². The summed E-state index contributed by atoms with van der Waals surface area (Å²) in [6.07, 6.45) is 0.230. The van der Waals surface area contributed by atoms with Crippen LogP contribution in [0.1, 0.15) is 5.56 Å². The minimum atomic E-state index is -0.275. The molecule has 0 aromatic heterocycles. The van der Waals surface area contributed by atoms with Crippen molar-refractivity contribution in [1.82, 2.24) is 0 Å². The zero-order valence-electron chi connectivity index (χ0n) is 7.31. The maximum absolute atomic E-state index is 11.0. The largest absolute Gasteiger partial charge is 0.469 e. The van der Waals surface area contributed by atoms with Crippen molar-refractivity contribution >= 4 is 56.1 Å². The fourth-order valence-corrected chi connectivity index (χ4v) is 2.42. The smallest absolute Gasteiger partial charge is 0.310 e. The van der Waals surface area contributed by atoms with E-state index in [4.69, 9.17) is 11.6 Å². The van der Waals surface area contributed by atoms with Crippen LogP contribution in [0, 0.1) is 3.57 Å². The lowest BCUT2D eigenvalue weighted by molar-refractivity contribution is -0.139. The lowest BCUT2D eigenvalue weighted by atomic mass is 10.1. The van der Waals surface area contributed by atoms with E-state index in [-0.39, 0.29) is 12.4 Å². The highest BCUT2D eigenvalue weighted by Crippen LogP contribution is 2.31. The summed E-state index contributed by atoms with van der Waals surface area (Å²) < 4.78 is 6.28. The zero-order valence-corrected chi connectivity index (χ0v) is 11.8. The highest BCUT2D eigenvalue weighted by molar-refractivity contribution is 14.1. The minimum absolute atomic E-state index is 0.230. The topological polar surface area (TPSA) is 26.3 Å². The number of carbonyl (C=O) groups is 1. The van der Waals surface area contributed by atoms with E-state index in [9.17, 15) is 4.79 Å². The molecule has 1 aromatic carbocycles. The summed E-state index contributed by atoms with van der Waals surface area (Å²) in [5, 5.41) is 0.631. The van der Waals surface area contributed by atoms with Crippen LogP contribution in [0.4, 0.5) is 0 Å². The number of halogens is 3. The lowest BCUT2D eigenvalue weighted by Gasteiger charge is -2.06. The van der Waals surface area contributed by atoms with E-state index in [1.807, 2.05) is 12.1 Å². The number of ether oxygens (including phenoxy) is 1. The molecule has 14 heavy (non-hydrogen) atoms. The average Bonchev–Trinajstić information content (AvgIpc) is 2.19. The molecule has 1 rings (SSSR count). The molecule has 0 saturated heterocycles. The van der Waals surface area contributed by atoms with Gasteiger partial charge in [-0.15, -0.1) is 0 Å². The second kappa shape index (κ2) is 5.32. The van der Waals surface area contributed by atoms with Crippen LogP contribution >= 0.6 is 50.1 Å². The van der Waals surface area contributed by atoms with Crippen molar-refractivity contribution in [1.29, 1.82) is 0 Å².